The highest BCUT2D eigenvalue weighted by Crippen LogP contribution is 2.12. The van der Waals surface area contributed by atoms with Gasteiger partial charge < -0.3 is 14.8 Å². The van der Waals surface area contributed by atoms with E-state index in [1.165, 1.54) is 7.11 Å². The maximum absolute atomic E-state index is 12.1. The second-order valence-electron chi connectivity index (χ2n) is 5.29. The lowest BCUT2D eigenvalue weighted by atomic mass is 10.0. The summed E-state index contributed by atoms with van der Waals surface area (Å²) in [7, 11) is 1.31. The molecule has 116 valence electrons. The molecule has 2 unspecified atom stereocenters. The maximum atomic E-state index is 12.1. The van der Waals surface area contributed by atoms with Crippen molar-refractivity contribution in [3.05, 3.63) is 30.3 Å². The monoisotopic (exact) mass is 293 g/mol. The molecule has 5 heteroatoms. The predicted octanol–water partition coefficient (Wildman–Crippen LogP) is 2.16. The summed E-state index contributed by atoms with van der Waals surface area (Å²) in [5.41, 5.74) is 0. The Morgan fingerprint density at radius 2 is 1.76 bits per heavy atom. The van der Waals surface area contributed by atoms with Crippen molar-refractivity contribution in [3.63, 3.8) is 0 Å². The zero-order valence-corrected chi connectivity index (χ0v) is 13.0. The molecular formula is C16H23NO4. The third kappa shape index (κ3) is 5.85. The molecule has 0 fully saturated rings. The Bertz CT molecular complexity index is 459. The van der Waals surface area contributed by atoms with Gasteiger partial charge in [0.2, 0.25) is 0 Å². The van der Waals surface area contributed by atoms with Crippen molar-refractivity contribution in [3.8, 4) is 5.75 Å². The molecule has 1 aromatic carbocycles. The van der Waals surface area contributed by atoms with Crippen LogP contribution >= 0.6 is 0 Å². The zero-order valence-electron chi connectivity index (χ0n) is 13.0. The van der Waals surface area contributed by atoms with Gasteiger partial charge in [-0.3, -0.25) is 4.79 Å². The molecule has 1 aromatic rings. The molecule has 1 rings (SSSR count). The molecule has 0 bridgehead atoms. The van der Waals surface area contributed by atoms with Crippen LogP contribution in [0.25, 0.3) is 0 Å². The summed E-state index contributed by atoms with van der Waals surface area (Å²) in [5.74, 6) is 0.0947. The van der Waals surface area contributed by atoms with Crippen molar-refractivity contribution in [2.45, 2.75) is 39.3 Å². The lowest BCUT2D eigenvalue weighted by Crippen LogP contribution is -2.47. The number of hydrogen-bond donors (Lipinski definition) is 1. The first-order chi connectivity index (χ1) is 9.93. The summed E-state index contributed by atoms with van der Waals surface area (Å²) in [6.07, 6.45) is -0.164. The number of amides is 1. The van der Waals surface area contributed by atoms with E-state index in [0.29, 0.717) is 12.2 Å². The smallest absolute Gasteiger partial charge is 0.328 e. The second kappa shape index (κ2) is 8.29. The Balaban J connectivity index is 2.61. The molecule has 0 aromatic heterocycles. The number of ether oxygens (including phenoxy) is 2. The topological polar surface area (TPSA) is 64.6 Å². The Morgan fingerprint density at radius 1 is 1.14 bits per heavy atom. The van der Waals surface area contributed by atoms with Gasteiger partial charge in [0.05, 0.1) is 7.11 Å². The molecule has 1 amide bonds. The summed E-state index contributed by atoms with van der Waals surface area (Å²) in [6.45, 7) is 5.60. The quantitative estimate of drug-likeness (QED) is 0.782. The summed E-state index contributed by atoms with van der Waals surface area (Å²) in [4.78, 5) is 23.8. The lowest BCUT2D eigenvalue weighted by Gasteiger charge is -2.21. The highest BCUT2D eigenvalue weighted by molar-refractivity contribution is 5.86. The third-order valence-electron chi connectivity index (χ3n) is 2.93. The van der Waals surface area contributed by atoms with E-state index in [1.807, 2.05) is 32.0 Å². The van der Waals surface area contributed by atoms with Crippen LogP contribution in [-0.4, -0.2) is 31.1 Å². The molecule has 0 saturated heterocycles. The van der Waals surface area contributed by atoms with Gasteiger partial charge >= 0.3 is 5.97 Å². The van der Waals surface area contributed by atoms with Crippen molar-refractivity contribution in [2.24, 2.45) is 5.92 Å². The number of methoxy groups -OCH3 is 1. The SMILES string of the molecule is COC(=O)C(CC(C)C)NC(=O)C(C)Oc1ccccc1. The highest BCUT2D eigenvalue weighted by atomic mass is 16.5. The van der Waals surface area contributed by atoms with Gasteiger partial charge in [-0.1, -0.05) is 32.0 Å². The van der Waals surface area contributed by atoms with E-state index in [0.717, 1.165) is 0 Å². The molecule has 0 heterocycles. The number of hydrogen-bond acceptors (Lipinski definition) is 4. The van der Waals surface area contributed by atoms with Crippen molar-refractivity contribution in [1.29, 1.82) is 0 Å². The van der Waals surface area contributed by atoms with Crippen LogP contribution in [0.3, 0.4) is 0 Å². The molecular weight excluding hydrogens is 270 g/mol. The van der Waals surface area contributed by atoms with Crippen molar-refractivity contribution >= 4 is 11.9 Å². The predicted molar refractivity (Wildman–Crippen MR) is 79.9 cm³/mol. The number of esters is 1. The molecule has 21 heavy (non-hydrogen) atoms. The lowest BCUT2D eigenvalue weighted by molar-refractivity contribution is -0.146. The number of rotatable bonds is 7. The normalized spacial score (nSPS) is 13.4. The fraction of sp³-hybridized carbons (Fsp3) is 0.500. The molecule has 2 atom stereocenters. The second-order valence-corrected chi connectivity index (χ2v) is 5.29. The van der Waals surface area contributed by atoms with Crippen LogP contribution in [0.15, 0.2) is 30.3 Å². The average Bonchev–Trinajstić information content (AvgIpc) is 2.46. The average molecular weight is 293 g/mol. The highest BCUT2D eigenvalue weighted by Gasteiger charge is 2.25. The molecule has 0 aliphatic carbocycles. The van der Waals surface area contributed by atoms with Gasteiger partial charge in [0, 0.05) is 0 Å². The van der Waals surface area contributed by atoms with Gasteiger partial charge in [-0.15, -0.1) is 0 Å². The van der Waals surface area contributed by atoms with Gasteiger partial charge in [-0.25, -0.2) is 4.79 Å². The molecule has 0 aliphatic rings. The first kappa shape index (κ1) is 17.0. The first-order valence-electron chi connectivity index (χ1n) is 7.04. The van der Waals surface area contributed by atoms with Crippen LogP contribution in [0.4, 0.5) is 0 Å². The summed E-state index contributed by atoms with van der Waals surface area (Å²) in [5, 5.41) is 2.68. The molecule has 1 N–H and O–H groups in total. The summed E-state index contributed by atoms with van der Waals surface area (Å²) >= 11 is 0. The van der Waals surface area contributed by atoms with Gasteiger partial charge in [0.15, 0.2) is 6.10 Å². The van der Waals surface area contributed by atoms with Crippen LogP contribution < -0.4 is 10.1 Å². The molecule has 0 saturated carbocycles. The van der Waals surface area contributed by atoms with Crippen LogP contribution in [-0.2, 0) is 14.3 Å². The van der Waals surface area contributed by atoms with Crippen molar-refractivity contribution in [2.75, 3.05) is 7.11 Å². The minimum absolute atomic E-state index is 0.264. The Morgan fingerprint density at radius 3 is 2.29 bits per heavy atom. The number of nitrogens with one attached hydrogen (secondary N) is 1. The van der Waals surface area contributed by atoms with E-state index in [4.69, 9.17) is 9.47 Å². The van der Waals surface area contributed by atoms with E-state index in [1.54, 1.807) is 19.1 Å². The number of carbonyl (C=O) groups excluding carboxylic acids is 2. The third-order valence-corrected chi connectivity index (χ3v) is 2.93. The Hall–Kier alpha value is -2.04. The minimum atomic E-state index is -0.688. The van der Waals surface area contributed by atoms with E-state index in [2.05, 4.69) is 5.32 Å². The molecule has 0 radical (unpaired) electrons. The Kier molecular flexibility index (Phi) is 6.72. The fourth-order valence-electron chi connectivity index (χ4n) is 1.87. The van der Waals surface area contributed by atoms with Gasteiger partial charge in [0.25, 0.3) is 5.91 Å². The van der Waals surface area contributed by atoms with E-state index >= 15 is 0 Å². The van der Waals surface area contributed by atoms with Gasteiger partial charge in [0.1, 0.15) is 11.8 Å². The number of benzene rings is 1. The van der Waals surface area contributed by atoms with Crippen LogP contribution in [0.5, 0.6) is 5.75 Å². The van der Waals surface area contributed by atoms with E-state index < -0.39 is 18.1 Å². The van der Waals surface area contributed by atoms with Crippen LogP contribution in [0, 0.1) is 5.92 Å². The molecule has 5 nitrogen and oxygen atoms in total. The summed E-state index contributed by atoms with van der Waals surface area (Å²) in [6, 6.07) is 8.43. The fourth-order valence-corrected chi connectivity index (χ4v) is 1.87. The largest absolute Gasteiger partial charge is 0.481 e. The van der Waals surface area contributed by atoms with Crippen LogP contribution in [0.2, 0.25) is 0 Å². The first-order valence-corrected chi connectivity index (χ1v) is 7.04. The van der Waals surface area contributed by atoms with Gasteiger partial charge in [-0.2, -0.15) is 0 Å². The van der Waals surface area contributed by atoms with Gasteiger partial charge in [-0.05, 0) is 31.4 Å². The maximum Gasteiger partial charge on any atom is 0.328 e. The van der Waals surface area contributed by atoms with Crippen molar-refractivity contribution < 1.29 is 19.1 Å². The summed E-state index contributed by atoms with van der Waals surface area (Å²) < 4.78 is 10.2. The number of para-hydroxylation sites is 1. The minimum Gasteiger partial charge on any atom is -0.481 e. The molecule has 0 aliphatic heterocycles. The zero-order chi connectivity index (χ0) is 15.8. The van der Waals surface area contributed by atoms with E-state index in [9.17, 15) is 9.59 Å². The van der Waals surface area contributed by atoms with Crippen LogP contribution in [0.1, 0.15) is 27.2 Å². The van der Waals surface area contributed by atoms with Crippen molar-refractivity contribution in [1.82, 2.24) is 5.32 Å². The number of carbonyl (C=O) groups is 2. The van der Waals surface area contributed by atoms with E-state index in [-0.39, 0.29) is 11.8 Å². The Labute approximate surface area is 125 Å². The molecule has 0 spiro atoms. The standard InChI is InChI=1S/C16H23NO4/c1-11(2)10-14(16(19)20-4)17-15(18)12(3)21-13-8-6-5-7-9-13/h5-9,11-12,14H,10H2,1-4H3,(H,17,18).